The van der Waals surface area contributed by atoms with Gasteiger partial charge in [0.2, 0.25) is 15.9 Å². The molecule has 1 aromatic carbocycles. The van der Waals surface area contributed by atoms with Gasteiger partial charge in [0.1, 0.15) is 11.2 Å². The van der Waals surface area contributed by atoms with Crippen molar-refractivity contribution in [3.05, 3.63) is 17.1 Å². The van der Waals surface area contributed by atoms with Gasteiger partial charge in [0, 0.05) is 37.6 Å². The van der Waals surface area contributed by atoms with E-state index in [1.54, 1.807) is 24.7 Å². The second-order valence-electron chi connectivity index (χ2n) is 10.7. The topological polar surface area (TPSA) is 163 Å². The van der Waals surface area contributed by atoms with Crippen LogP contribution in [0.1, 0.15) is 44.0 Å². The molecule has 1 amide bonds. The number of hydrogen-bond donors (Lipinski definition) is 2. The zero-order chi connectivity index (χ0) is 28.6. The summed E-state index contributed by atoms with van der Waals surface area (Å²) in [5, 5.41) is 21.6. The Morgan fingerprint density at radius 1 is 1.25 bits per heavy atom. The van der Waals surface area contributed by atoms with Crippen molar-refractivity contribution in [3.63, 3.8) is 0 Å². The van der Waals surface area contributed by atoms with Crippen molar-refractivity contribution in [1.29, 1.82) is 5.26 Å². The van der Waals surface area contributed by atoms with Crippen molar-refractivity contribution in [2.45, 2.75) is 67.6 Å². The van der Waals surface area contributed by atoms with E-state index in [0.29, 0.717) is 53.9 Å². The van der Waals surface area contributed by atoms with Gasteiger partial charge in [-0.25, -0.2) is 17.2 Å². The Hall–Kier alpha value is -3.26. The van der Waals surface area contributed by atoms with E-state index in [1.165, 1.54) is 6.07 Å². The number of aromatic nitrogens is 4. The second kappa shape index (κ2) is 9.40. The van der Waals surface area contributed by atoms with Gasteiger partial charge in [0.05, 0.1) is 28.2 Å². The number of nitriles is 1. The van der Waals surface area contributed by atoms with Crippen LogP contribution in [0, 0.1) is 11.3 Å². The molecule has 2 unspecified atom stereocenters. The predicted octanol–water partition coefficient (Wildman–Crippen LogP) is 1.89. The lowest BCUT2D eigenvalue weighted by Crippen LogP contribution is -2.58. The van der Waals surface area contributed by atoms with Gasteiger partial charge in [0.25, 0.3) is 6.43 Å². The van der Waals surface area contributed by atoms with E-state index >= 15 is 0 Å². The Morgan fingerprint density at radius 2 is 1.93 bits per heavy atom. The van der Waals surface area contributed by atoms with Crippen molar-refractivity contribution >= 4 is 43.9 Å². The number of alkyl halides is 2. The molecular weight excluding hydrogens is 564 g/mol. The summed E-state index contributed by atoms with van der Waals surface area (Å²) in [4.78, 5) is 16.6. The van der Waals surface area contributed by atoms with Gasteiger partial charge < -0.3 is 15.5 Å². The number of nitrogens with one attached hydrogen (secondary N) is 1. The number of fused-ring (bicyclic) bond motifs is 3. The number of benzene rings is 1. The first-order valence-electron chi connectivity index (χ1n) is 12.8. The number of aryl methyl sites for hydroxylation is 1. The van der Waals surface area contributed by atoms with E-state index in [0.717, 1.165) is 12.8 Å². The number of hydrogen-bond acceptors (Lipinski definition) is 10. The monoisotopic (exact) mass is 591 g/mol. The fourth-order valence-electron chi connectivity index (χ4n) is 5.71. The Labute approximate surface area is 232 Å². The average molecular weight is 592 g/mol. The van der Waals surface area contributed by atoms with Crippen LogP contribution >= 0.6 is 11.3 Å². The molecule has 0 spiro atoms. The highest BCUT2D eigenvalue weighted by Crippen LogP contribution is 2.42. The number of rotatable bonds is 7. The molecule has 0 radical (unpaired) electrons. The number of piperazine rings is 1. The fourth-order valence-corrected chi connectivity index (χ4v) is 7.83. The molecule has 16 heteroatoms. The van der Waals surface area contributed by atoms with Crippen molar-refractivity contribution < 1.29 is 22.0 Å². The largest absolute Gasteiger partial charge is 0.366 e. The molecule has 6 rings (SSSR count). The number of nitrogens with two attached hydrogens (primary N) is 1. The summed E-state index contributed by atoms with van der Waals surface area (Å²) < 4.78 is 57.7. The first-order chi connectivity index (χ1) is 18.9. The Bertz CT molecular complexity index is 1650. The van der Waals surface area contributed by atoms with Gasteiger partial charge in [-0.2, -0.15) is 15.1 Å². The number of halogens is 2. The average Bonchev–Trinajstić information content (AvgIpc) is 3.22. The number of nitrogens with zero attached hydrogens (tertiary/aromatic N) is 7. The highest BCUT2D eigenvalue weighted by Gasteiger charge is 2.47. The van der Waals surface area contributed by atoms with Gasteiger partial charge in [-0.1, -0.05) is 11.3 Å². The maximum absolute atomic E-state index is 13.5. The minimum Gasteiger partial charge on any atom is -0.366 e. The molecule has 40 heavy (non-hydrogen) atoms. The first kappa shape index (κ1) is 26.9. The minimum atomic E-state index is -4.13. The van der Waals surface area contributed by atoms with Crippen molar-refractivity contribution in [3.8, 4) is 16.8 Å². The molecule has 1 aliphatic carbocycles. The Kier molecular flexibility index (Phi) is 6.33. The molecular formula is C24H27F2N9O3S2. The molecule has 3 atom stereocenters. The number of carbonyl (C=O) groups is 1. The summed E-state index contributed by atoms with van der Waals surface area (Å²) in [5.41, 5.74) is 6.16. The van der Waals surface area contributed by atoms with E-state index in [1.807, 2.05) is 15.9 Å². The highest BCUT2D eigenvalue weighted by molar-refractivity contribution is 7.89. The summed E-state index contributed by atoms with van der Waals surface area (Å²) in [6, 6.07) is 4.22. The minimum absolute atomic E-state index is 0.0780. The van der Waals surface area contributed by atoms with E-state index in [4.69, 9.17) is 5.73 Å². The lowest BCUT2D eigenvalue weighted by molar-refractivity contribution is -0.135. The van der Waals surface area contributed by atoms with Crippen molar-refractivity contribution in [1.82, 2.24) is 29.6 Å². The fraction of sp³-hybridized carbons (Fsp3) is 0.542. The van der Waals surface area contributed by atoms with E-state index in [2.05, 4.69) is 20.0 Å². The third kappa shape index (κ3) is 4.41. The van der Waals surface area contributed by atoms with Crippen molar-refractivity contribution in [2.24, 2.45) is 12.8 Å². The SMILES string of the molecule is C[C@H](N)C(=O)N1C2CCC1CN(c1cc(S(=O)(=O)NC3(C#N)CC3)cc3c(-c4nnc(C(F)F)s4)nn(C)c13)C2. The van der Waals surface area contributed by atoms with Gasteiger partial charge in [0.15, 0.2) is 10.0 Å². The quantitative estimate of drug-likeness (QED) is 0.418. The van der Waals surface area contributed by atoms with Crippen LogP contribution in [0.15, 0.2) is 17.0 Å². The maximum Gasteiger partial charge on any atom is 0.291 e. The first-order valence-corrected chi connectivity index (χ1v) is 15.1. The lowest BCUT2D eigenvalue weighted by atomic mass is 10.1. The van der Waals surface area contributed by atoms with Crippen LogP contribution in [0.5, 0.6) is 0 Å². The van der Waals surface area contributed by atoms with Crippen LogP contribution < -0.4 is 15.4 Å². The Morgan fingerprint density at radius 3 is 2.48 bits per heavy atom. The van der Waals surface area contributed by atoms with Gasteiger partial charge in [-0.15, -0.1) is 10.2 Å². The summed E-state index contributed by atoms with van der Waals surface area (Å²) in [7, 11) is -2.44. The van der Waals surface area contributed by atoms with Crippen LogP contribution in [-0.2, 0) is 21.9 Å². The number of anilines is 1. The van der Waals surface area contributed by atoms with Crippen LogP contribution in [0.2, 0.25) is 0 Å². The second-order valence-corrected chi connectivity index (χ2v) is 13.4. The van der Waals surface area contributed by atoms with Crippen molar-refractivity contribution in [2.75, 3.05) is 18.0 Å². The lowest BCUT2D eigenvalue weighted by Gasteiger charge is -2.43. The standard InChI is InChI=1S/C24H27F2N9O3S2/c1-12(28)23(36)35-13-3-4-14(35)10-34(9-13)17-8-15(40(37,38)32-24(11-27)5-6-24)7-16-18(31-33(2)19(16)17)21-29-30-22(39-21)20(25)26/h7-8,12-14,20,32H,3-6,9-10,28H2,1-2H3/t12-,13?,14?/m0/s1. The van der Waals surface area contributed by atoms with Gasteiger partial charge in [-0.05, 0) is 44.7 Å². The van der Waals surface area contributed by atoms with Crippen LogP contribution in [0.4, 0.5) is 14.5 Å². The molecule has 3 aliphatic rings. The van der Waals surface area contributed by atoms with E-state index in [-0.39, 0.29) is 33.6 Å². The number of amides is 1. The summed E-state index contributed by atoms with van der Waals surface area (Å²) in [6.07, 6.45) is -0.384. The zero-order valence-corrected chi connectivity index (χ0v) is 23.3. The van der Waals surface area contributed by atoms with Crippen LogP contribution in [-0.4, -0.2) is 76.0 Å². The highest BCUT2D eigenvalue weighted by atomic mass is 32.2. The summed E-state index contributed by atoms with van der Waals surface area (Å²) in [6.45, 7) is 2.58. The third-order valence-electron chi connectivity index (χ3n) is 7.79. The molecule has 2 bridgehead atoms. The molecule has 2 saturated heterocycles. The third-order valence-corrected chi connectivity index (χ3v) is 10.2. The van der Waals surface area contributed by atoms with Gasteiger partial charge in [-0.3, -0.25) is 9.48 Å². The smallest absolute Gasteiger partial charge is 0.291 e. The molecule has 3 N–H and O–H groups in total. The van der Waals surface area contributed by atoms with E-state index < -0.39 is 33.0 Å². The maximum atomic E-state index is 13.5. The van der Waals surface area contributed by atoms with Crippen LogP contribution in [0.3, 0.4) is 0 Å². The molecule has 212 valence electrons. The molecule has 1 saturated carbocycles. The molecule has 3 fully saturated rings. The number of sulfonamides is 1. The summed E-state index contributed by atoms with van der Waals surface area (Å²) >= 11 is 0.692. The van der Waals surface area contributed by atoms with Gasteiger partial charge >= 0.3 is 0 Å². The molecule has 4 heterocycles. The zero-order valence-electron chi connectivity index (χ0n) is 21.7. The number of carbonyl (C=O) groups excluding carboxylic acids is 1. The molecule has 12 nitrogen and oxygen atoms in total. The molecule has 2 aromatic heterocycles. The summed E-state index contributed by atoms with van der Waals surface area (Å²) in [5.74, 6) is -0.113. The van der Waals surface area contributed by atoms with Crippen LogP contribution in [0.25, 0.3) is 21.6 Å². The normalized spacial score (nSPS) is 22.6. The predicted molar refractivity (Wildman–Crippen MR) is 142 cm³/mol. The molecule has 2 aliphatic heterocycles. The van der Waals surface area contributed by atoms with E-state index in [9.17, 15) is 27.3 Å². The Balaban J connectivity index is 1.48. The molecule has 3 aromatic rings.